The molecule has 2 heteroatoms. The van der Waals surface area contributed by atoms with Gasteiger partial charge in [0, 0.05) is 6.04 Å². The Labute approximate surface area is 54.2 Å². The van der Waals surface area contributed by atoms with Crippen LogP contribution in [0.5, 0.6) is 0 Å². The van der Waals surface area contributed by atoms with E-state index in [9.17, 15) is 0 Å². The highest BCUT2D eigenvalue weighted by atomic mass is 31.0. The molecule has 0 aliphatic heterocycles. The van der Waals surface area contributed by atoms with Gasteiger partial charge in [-0.2, -0.15) is 0 Å². The summed E-state index contributed by atoms with van der Waals surface area (Å²) in [6.07, 6.45) is 2.46. The molecule has 50 valence electrons. The molecule has 0 aromatic rings. The fourth-order valence-electron chi connectivity index (χ4n) is 0.596. The van der Waals surface area contributed by atoms with Crippen molar-refractivity contribution in [3.8, 4) is 0 Å². The Morgan fingerprint density at radius 2 is 2.12 bits per heavy atom. The highest BCUT2D eigenvalue weighted by Crippen LogP contribution is 2.10. The zero-order chi connectivity index (χ0) is 6.57. The lowest BCUT2D eigenvalue weighted by molar-refractivity contribution is 0.633. The van der Waals surface area contributed by atoms with Gasteiger partial charge >= 0.3 is 0 Å². The van der Waals surface area contributed by atoms with E-state index in [0.717, 1.165) is 0 Å². The van der Waals surface area contributed by atoms with E-state index in [0.29, 0.717) is 11.7 Å². The van der Waals surface area contributed by atoms with E-state index in [-0.39, 0.29) is 0 Å². The molecule has 0 spiro atoms. The first-order valence-electron chi connectivity index (χ1n) is 3.19. The molecule has 0 saturated carbocycles. The molecule has 8 heavy (non-hydrogen) atoms. The topological polar surface area (TPSA) is 26.0 Å². The maximum absolute atomic E-state index is 5.60. The lowest BCUT2D eigenvalue weighted by Crippen LogP contribution is -2.26. The maximum Gasteiger partial charge on any atom is 0.00733 e. The average Bonchev–Trinajstić information content (AvgIpc) is 1.67. The van der Waals surface area contributed by atoms with Crippen molar-refractivity contribution in [2.24, 2.45) is 5.73 Å². The van der Waals surface area contributed by atoms with Crippen LogP contribution >= 0.6 is 9.24 Å². The molecule has 3 atom stereocenters. The smallest absolute Gasteiger partial charge is 0.00733 e. The van der Waals surface area contributed by atoms with Gasteiger partial charge in [0.2, 0.25) is 0 Å². The molecule has 0 fully saturated rings. The van der Waals surface area contributed by atoms with Crippen LogP contribution in [0.1, 0.15) is 26.7 Å². The molecule has 0 amide bonds. The van der Waals surface area contributed by atoms with Crippen LogP contribution in [-0.4, -0.2) is 11.7 Å². The molecule has 1 nitrogen and oxygen atoms in total. The third-order valence-electron chi connectivity index (χ3n) is 1.30. The van der Waals surface area contributed by atoms with Gasteiger partial charge in [0.15, 0.2) is 0 Å². The Bertz CT molecular complexity index is 54.5. The average molecular weight is 133 g/mol. The molecule has 3 unspecified atom stereocenters. The van der Waals surface area contributed by atoms with Crippen LogP contribution in [0.4, 0.5) is 0 Å². The number of hydrogen-bond donors (Lipinski definition) is 1. The molecule has 0 aromatic heterocycles. The molecule has 0 rings (SSSR count). The third kappa shape index (κ3) is 3.40. The quantitative estimate of drug-likeness (QED) is 0.578. The zero-order valence-corrected chi connectivity index (χ0v) is 6.88. The number of hydrogen-bond acceptors (Lipinski definition) is 1. The van der Waals surface area contributed by atoms with E-state index >= 15 is 0 Å². The summed E-state index contributed by atoms with van der Waals surface area (Å²) >= 11 is 0. The molecule has 2 N–H and O–H groups in total. The fourth-order valence-corrected chi connectivity index (χ4v) is 0.930. The predicted molar refractivity (Wildman–Crippen MR) is 42.1 cm³/mol. The molecule has 0 radical (unpaired) electrons. The van der Waals surface area contributed by atoms with Gasteiger partial charge in [-0.15, -0.1) is 9.24 Å². The minimum Gasteiger partial charge on any atom is -0.327 e. The summed E-state index contributed by atoms with van der Waals surface area (Å²) in [4.78, 5) is 0. The lowest BCUT2D eigenvalue weighted by atomic mass is 10.1. The van der Waals surface area contributed by atoms with Crippen LogP contribution in [0.3, 0.4) is 0 Å². The van der Waals surface area contributed by atoms with Gasteiger partial charge in [0.05, 0.1) is 0 Å². The third-order valence-corrected chi connectivity index (χ3v) is 2.24. The molecule has 0 bridgehead atoms. The van der Waals surface area contributed by atoms with E-state index in [4.69, 9.17) is 5.73 Å². The van der Waals surface area contributed by atoms with Crippen LogP contribution < -0.4 is 5.73 Å². The van der Waals surface area contributed by atoms with Gasteiger partial charge in [0.1, 0.15) is 0 Å². The lowest BCUT2D eigenvalue weighted by Gasteiger charge is -2.12. The van der Waals surface area contributed by atoms with E-state index < -0.39 is 0 Å². The molecule has 0 aliphatic carbocycles. The highest BCUT2D eigenvalue weighted by molar-refractivity contribution is 7.17. The summed E-state index contributed by atoms with van der Waals surface area (Å²) < 4.78 is 0. The second-order valence-electron chi connectivity index (χ2n) is 2.31. The van der Waals surface area contributed by atoms with Gasteiger partial charge < -0.3 is 5.73 Å². The van der Waals surface area contributed by atoms with Crippen LogP contribution in [-0.2, 0) is 0 Å². The minimum atomic E-state index is 0.333. The summed E-state index contributed by atoms with van der Waals surface area (Å²) in [5, 5.41) is 0. The molecule has 0 aliphatic rings. The standard InChI is InChI=1S/C6H16NP/c1-3-4-6(8)5(2)7/h5-6H,3-4,7-8H2,1-2H3. The SMILES string of the molecule is CCCC(P)C(C)N. The molecule has 0 aromatic carbocycles. The molecular weight excluding hydrogens is 117 g/mol. The Morgan fingerprint density at radius 1 is 1.62 bits per heavy atom. The number of nitrogens with two attached hydrogens (primary N) is 1. The number of rotatable bonds is 3. The largest absolute Gasteiger partial charge is 0.327 e. The fraction of sp³-hybridized carbons (Fsp3) is 1.00. The van der Waals surface area contributed by atoms with Crippen LogP contribution in [0.25, 0.3) is 0 Å². The second-order valence-corrected chi connectivity index (χ2v) is 3.17. The van der Waals surface area contributed by atoms with Gasteiger partial charge in [-0.1, -0.05) is 13.3 Å². The molecular formula is C6H16NP. The van der Waals surface area contributed by atoms with Crippen molar-refractivity contribution < 1.29 is 0 Å². The van der Waals surface area contributed by atoms with Crippen molar-refractivity contribution in [3.63, 3.8) is 0 Å². The van der Waals surface area contributed by atoms with Crippen LogP contribution in [0, 0.1) is 0 Å². The first-order chi connectivity index (χ1) is 3.68. The van der Waals surface area contributed by atoms with E-state index in [1.807, 2.05) is 6.92 Å². The first-order valence-corrected chi connectivity index (χ1v) is 3.86. The summed E-state index contributed by atoms with van der Waals surface area (Å²) in [6, 6.07) is 0.333. The Balaban J connectivity index is 3.17. The highest BCUT2D eigenvalue weighted by Gasteiger charge is 2.03. The maximum atomic E-state index is 5.60. The van der Waals surface area contributed by atoms with Crippen LogP contribution in [0.2, 0.25) is 0 Å². The summed E-state index contributed by atoms with van der Waals surface area (Å²) in [5.41, 5.74) is 6.21. The van der Waals surface area contributed by atoms with Crippen molar-refractivity contribution >= 4 is 9.24 Å². The molecule has 0 saturated heterocycles. The van der Waals surface area contributed by atoms with Crippen molar-refractivity contribution in [1.82, 2.24) is 0 Å². The van der Waals surface area contributed by atoms with Gasteiger partial charge in [-0.05, 0) is 19.0 Å². The van der Waals surface area contributed by atoms with E-state index in [1.54, 1.807) is 0 Å². The predicted octanol–water partition coefficient (Wildman–Crippen LogP) is 1.38. The second kappa shape index (κ2) is 4.29. The monoisotopic (exact) mass is 133 g/mol. The van der Waals surface area contributed by atoms with Crippen molar-refractivity contribution in [2.45, 2.75) is 38.4 Å². The van der Waals surface area contributed by atoms with Crippen LogP contribution in [0.15, 0.2) is 0 Å². The minimum absolute atomic E-state index is 0.333. The zero-order valence-electron chi connectivity index (χ0n) is 5.72. The Kier molecular flexibility index (Phi) is 4.50. The van der Waals surface area contributed by atoms with E-state index in [2.05, 4.69) is 16.2 Å². The van der Waals surface area contributed by atoms with E-state index in [1.165, 1.54) is 12.8 Å². The van der Waals surface area contributed by atoms with Gasteiger partial charge in [-0.25, -0.2) is 0 Å². The van der Waals surface area contributed by atoms with Crippen molar-refractivity contribution in [3.05, 3.63) is 0 Å². The van der Waals surface area contributed by atoms with Crippen molar-refractivity contribution in [2.75, 3.05) is 0 Å². The Hall–Kier alpha value is 0.390. The summed E-state index contributed by atoms with van der Waals surface area (Å²) in [6.45, 7) is 4.23. The summed E-state index contributed by atoms with van der Waals surface area (Å²) in [5.74, 6) is 0. The normalized spacial score (nSPS) is 18.0. The van der Waals surface area contributed by atoms with Crippen molar-refractivity contribution in [1.29, 1.82) is 0 Å². The summed E-state index contributed by atoms with van der Waals surface area (Å²) in [7, 11) is 2.77. The van der Waals surface area contributed by atoms with Gasteiger partial charge in [0.25, 0.3) is 0 Å². The first kappa shape index (κ1) is 8.39. The van der Waals surface area contributed by atoms with Gasteiger partial charge in [-0.3, -0.25) is 0 Å². The molecule has 0 heterocycles. The Morgan fingerprint density at radius 3 is 2.25 bits per heavy atom.